The summed E-state index contributed by atoms with van der Waals surface area (Å²) in [5.74, 6) is 2.40. The topological polar surface area (TPSA) is 83.1 Å². The molecular weight excluding hydrogens is 318 g/mol. The predicted molar refractivity (Wildman–Crippen MR) is 92.4 cm³/mol. The second-order valence-electron chi connectivity index (χ2n) is 6.79. The van der Waals surface area contributed by atoms with E-state index in [1.807, 2.05) is 31.2 Å². The highest BCUT2D eigenvalue weighted by Crippen LogP contribution is 2.33. The SMILES string of the molecule is CCc1n[nH]c(CN2CCC3(CC2)CNC(=O)c2ccccc2O3)n1. The average molecular weight is 341 g/mol. The number of nitrogens with one attached hydrogen (secondary N) is 2. The molecule has 4 rings (SSSR count). The lowest BCUT2D eigenvalue weighted by Crippen LogP contribution is -2.53. The zero-order valence-electron chi connectivity index (χ0n) is 14.4. The van der Waals surface area contributed by atoms with Gasteiger partial charge in [-0.3, -0.25) is 14.8 Å². The van der Waals surface area contributed by atoms with Gasteiger partial charge in [-0.2, -0.15) is 5.10 Å². The zero-order chi connectivity index (χ0) is 17.3. The van der Waals surface area contributed by atoms with E-state index in [1.54, 1.807) is 0 Å². The van der Waals surface area contributed by atoms with E-state index in [0.29, 0.717) is 17.9 Å². The minimum absolute atomic E-state index is 0.0522. The van der Waals surface area contributed by atoms with Gasteiger partial charge >= 0.3 is 0 Å². The van der Waals surface area contributed by atoms with Crippen LogP contribution in [0.2, 0.25) is 0 Å². The Hall–Kier alpha value is -2.41. The summed E-state index contributed by atoms with van der Waals surface area (Å²) in [6, 6.07) is 7.48. The van der Waals surface area contributed by atoms with Crippen LogP contribution < -0.4 is 10.1 Å². The Bertz CT molecular complexity index is 764. The van der Waals surface area contributed by atoms with Crippen LogP contribution in [0.15, 0.2) is 24.3 Å². The summed E-state index contributed by atoms with van der Waals surface area (Å²) >= 11 is 0. The summed E-state index contributed by atoms with van der Waals surface area (Å²) < 4.78 is 6.33. The number of ether oxygens (including phenoxy) is 1. The van der Waals surface area contributed by atoms with Crippen molar-refractivity contribution in [3.63, 3.8) is 0 Å². The molecule has 1 fully saturated rings. The van der Waals surface area contributed by atoms with Crippen molar-refractivity contribution in [1.82, 2.24) is 25.4 Å². The number of carbonyl (C=O) groups is 1. The summed E-state index contributed by atoms with van der Waals surface area (Å²) in [4.78, 5) is 19.1. The third-order valence-electron chi connectivity index (χ3n) is 5.06. The summed E-state index contributed by atoms with van der Waals surface area (Å²) in [7, 11) is 0. The van der Waals surface area contributed by atoms with Gasteiger partial charge in [-0.1, -0.05) is 19.1 Å². The highest BCUT2D eigenvalue weighted by Gasteiger charge is 2.40. The molecule has 2 N–H and O–H groups in total. The van der Waals surface area contributed by atoms with Gasteiger partial charge in [0.2, 0.25) is 0 Å². The molecule has 1 aromatic carbocycles. The van der Waals surface area contributed by atoms with Gasteiger partial charge < -0.3 is 10.1 Å². The number of hydrogen-bond acceptors (Lipinski definition) is 5. The van der Waals surface area contributed by atoms with Crippen LogP contribution in [0, 0.1) is 0 Å². The van der Waals surface area contributed by atoms with Crippen molar-refractivity contribution in [3.8, 4) is 5.75 Å². The number of benzene rings is 1. The Balaban J connectivity index is 1.43. The van der Waals surface area contributed by atoms with Crippen molar-refractivity contribution in [2.45, 2.75) is 38.3 Å². The molecule has 0 atom stereocenters. The maximum atomic E-state index is 12.2. The van der Waals surface area contributed by atoms with Crippen LogP contribution >= 0.6 is 0 Å². The molecule has 1 spiro atoms. The fraction of sp³-hybridized carbons (Fsp3) is 0.500. The molecule has 1 aromatic heterocycles. The molecule has 25 heavy (non-hydrogen) atoms. The van der Waals surface area contributed by atoms with E-state index in [1.165, 1.54) is 0 Å². The smallest absolute Gasteiger partial charge is 0.255 e. The average Bonchev–Trinajstić information content (AvgIpc) is 3.04. The number of fused-ring (bicyclic) bond motifs is 1. The molecule has 2 aromatic rings. The molecule has 1 amide bonds. The number of piperidine rings is 1. The maximum absolute atomic E-state index is 12.2. The number of aromatic amines is 1. The van der Waals surface area contributed by atoms with E-state index >= 15 is 0 Å². The molecule has 1 saturated heterocycles. The van der Waals surface area contributed by atoms with Crippen LogP contribution in [0.3, 0.4) is 0 Å². The first-order chi connectivity index (χ1) is 12.2. The van der Waals surface area contributed by atoms with E-state index in [4.69, 9.17) is 4.74 Å². The number of aryl methyl sites for hydroxylation is 1. The van der Waals surface area contributed by atoms with E-state index in [2.05, 4.69) is 25.4 Å². The van der Waals surface area contributed by atoms with Gasteiger partial charge in [-0.25, -0.2) is 4.98 Å². The van der Waals surface area contributed by atoms with Crippen LogP contribution in [0.1, 0.15) is 41.8 Å². The van der Waals surface area contributed by atoms with Crippen LogP contribution in [0.5, 0.6) is 5.75 Å². The number of H-pyrrole nitrogens is 1. The maximum Gasteiger partial charge on any atom is 0.255 e. The van der Waals surface area contributed by atoms with Gasteiger partial charge in [0.1, 0.15) is 23.0 Å². The van der Waals surface area contributed by atoms with Crippen LogP contribution in [-0.4, -0.2) is 51.2 Å². The number of nitrogens with zero attached hydrogens (tertiary/aromatic N) is 3. The first kappa shape index (κ1) is 16.1. The van der Waals surface area contributed by atoms with E-state index < -0.39 is 0 Å². The van der Waals surface area contributed by atoms with Gasteiger partial charge in [0.15, 0.2) is 0 Å². The molecule has 7 heteroatoms. The molecule has 0 aliphatic carbocycles. The van der Waals surface area contributed by atoms with E-state index in [-0.39, 0.29) is 11.5 Å². The van der Waals surface area contributed by atoms with Gasteiger partial charge in [0.05, 0.1) is 18.7 Å². The molecule has 132 valence electrons. The Morgan fingerprint density at radius 1 is 1.28 bits per heavy atom. The number of hydrogen-bond donors (Lipinski definition) is 2. The highest BCUT2D eigenvalue weighted by molar-refractivity contribution is 5.97. The predicted octanol–water partition coefficient (Wildman–Crippen LogP) is 1.52. The summed E-state index contributed by atoms with van der Waals surface area (Å²) in [6.45, 7) is 5.18. The van der Waals surface area contributed by atoms with Gasteiger partial charge in [0, 0.05) is 32.4 Å². The van der Waals surface area contributed by atoms with Crippen LogP contribution in [0.25, 0.3) is 0 Å². The van der Waals surface area contributed by atoms with Gasteiger partial charge in [0.25, 0.3) is 5.91 Å². The Kier molecular flexibility index (Phi) is 4.17. The highest BCUT2D eigenvalue weighted by atomic mass is 16.5. The lowest BCUT2D eigenvalue weighted by molar-refractivity contribution is 0.00335. The first-order valence-corrected chi connectivity index (χ1v) is 8.86. The second kappa shape index (κ2) is 6.48. The van der Waals surface area contributed by atoms with Gasteiger partial charge in [-0.15, -0.1) is 0 Å². The molecule has 3 heterocycles. The van der Waals surface area contributed by atoms with Gasteiger partial charge in [-0.05, 0) is 12.1 Å². The standard InChI is InChI=1S/C18H23N5O2/c1-2-15-20-16(22-21-15)11-23-9-7-18(8-10-23)12-19-17(24)13-5-3-4-6-14(13)25-18/h3-6H,2,7-12H2,1H3,(H,19,24)(H,20,21,22). The minimum atomic E-state index is -0.325. The first-order valence-electron chi connectivity index (χ1n) is 8.86. The van der Waals surface area contributed by atoms with Crippen molar-refractivity contribution in [2.75, 3.05) is 19.6 Å². The molecule has 7 nitrogen and oxygen atoms in total. The summed E-state index contributed by atoms with van der Waals surface area (Å²) in [5, 5.41) is 10.2. The van der Waals surface area contributed by atoms with E-state index in [0.717, 1.165) is 50.5 Å². The van der Waals surface area contributed by atoms with Crippen molar-refractivity contribution in [2.24, 2.45) is 0 Å². The number of para-hydroxylation sites is 1. The van der Waals surface area contributed by atoms with Crippen molar-refractivity contribution >= 4 is 5.91 Å². The molecule has 0 saturated carbocycles. The quantitative estimate of drug-likeness (QED) is 0.884. The number of carbonyl (C=O) groups excluding carboxylic acids is 1. The normalized spacial score (nSPS) is 19.8. The fourth-order valence-corrected chi connectivity index (χ4v) is 3.52. The largest absolute Gasteiger partial charge is 0.485 e. The Morgan fingerprint density at radius 3 is 2.84 bits per heavy atom. The molecule has 0 unspecified atom stereocenters. The molecule has 0 radical (unpaired) electrons. The summed E-state index contributed by atoms with van der Waals surface area (Å²) in [5.41, 5.74) is 0.296. The van der Waals surface area contributed by atoms with Crippen LogP contribution in [0.4, 0.5) is 0 Å². The van der Waals surface area contributed by atoms with E-state index in [9.17, 15) is 4.79 Å². The third-order valence-corrected chi connectivity index (χ3v) is 5.06. The number of amides is 1. The van der Waals surface area contributed by atoms with Crippen molar-refractivity contribution < 1.29 is 9.53 Å². The van der Waals surface area contributed by atoms with Crippen LogP contribution in [-0.2, 0) is 13.0 Å². The Labute approximate surface area is 146 Å². The molecular formula is C18H23N5O2. The number of aromatic nitrogens is 3. The third kappa shape index (κ3) is 3.24. The Morgan fingerprint density at radius 2 is 2.08 bits per heavy atom. The molecule has 2 aliphatic rings. The number of likely N-dealkylation sites (tertiary alicyclic amines) is 1. The van der Waals surface area contributed by atoms with Crippen molar-refractivity contribution in [3.05, 3.63) is 41.5 Å². The second-order valence-corrected chi connectivity index (χ2v) is 6.79. The zero-order valence-corrected chi connectivity index (χ0v) is 14.4. The number of rotatable bonds is 3. The summed E-state index contributed by atoms with van der Waals surface area (Å²) in [6.07, 6.45) is 2.58. The molecule has 0 bridgehead atoms. The lowest BCUT2D eigenvalue weighted by atomic mass is 9.91. The fourth-order valence-electron chi connectivity index (χ4n) is 3.52. The van der Waals surface area contributed by atoms with Crippen molar-refractivity contribution in [1.29, 1.82) is 0 Å². The monoisotopic (exact) mass is 341 g/mol. The minimum Gasteiger partial charge on any atom is -0.485 e. The molecule has 2 aliphatic heterocycles. The lowest BCUT2D eigenvalue weighted by Gasteiger charge is -2.40.